The number of aryl methyl sites for hydroxylation is 1. The number of rotatable bonds is 4. The van der Waals surface area contributed by atoms with E-state index in [-0.39, 0.29) is 0 Å². The minimum Gasteiger partial charge on any atom is -0.365 e. The number of hydrogen-bond donors (Lipinski definition) is 1. The third kappa shape index (κ3) is 2.44. The van der Waals surface area contributed by atoms with E-state index >= 15 is 0 Å². The zero-order valence-electron chi connectivity index (χ0n) is 10.8. The number of fused-ring (bicyclic) bond motifs is 1. The van der Waals surface area contributed by atoms with Crippen LogP contribution in [0.5, 0.6) is 0 Å². The van der Waals surface area contributed by atoms with E-state index in [4.69, 9.17) is 0 Å². The molecule has 0 radical (unpaired) electrons. The van der Waals surface area contributed by atoms with Gasteiger partial charge in [0.15, 0.2) is 0 Å². The second-order valence-corrected chi connectivity index (χ2v) is 5.32. The lowest BCUT2D eigenvalue weighted by Crippen LogP contribution is -2.02. The molecule has 1 aromatic carbocycles. The molecule has 19 heavy (non-hydrogen) atoms. The minimum absolute atomic E-state index is 0.821. The maximum absolute atomic E-state index is 4.34. The lowest BCUT2D eigenvalue weighted by Gasteiger charge is -2.08. The van der Waals surface area contributed by atoms with Gasteiger partial charge in [0.05, 0.1) is 12.1 Å². The van der Waals surface area contributed by atoms with E-state index in [2.05, 4.69) is 33.7 Å². The van der Waals surface area contributed by atoms with Crippen molar-refractivity contribution in [2.24, 2.45) is 0 Å². The molecule has 3 aromatic rings. The van der Waals surface area contributed by atoms with Gasteiger partial charge in [0.2, 0.25) is 0 Å². The molecule has 96 valence electrons. The first-order chi connectivity index (χ1) is 9.38. The molecular formula is C15H15N3S. The third-order valence-electron chi connectivity index (χ3n) is 3.18. The van der Waals surface area contributed by atoms with Crippen molar-refractivity contribution in [3.63, 3.8) is 0 Å². The highest BCUT2D eigenvalue weighted by Crippen LogP contribution is 2.22. The highest BCUT2D eigenvalue weighted by molar-refractivity contribution is 7.10. The van der Waals surface area contributed by atoms with Gasteiger partial charge >= 0.3 is 0 Å². The van der Waals surface area contributed by atoms with Gasteiger partial charge in [0, 0.05) is 10.3 Å². The summed E-state index contributed by atoms with van der Waals surface area (Å²) >= 11 is 1.79. The summed E-state index contributed by atoms with van der Waals surface area (Å²) in [5, 5.41) is 6.64. The van der Waals surface area contributed by atoms with Crippen molar-refractivity contribution in [1.29, 1.82) is 0 Å². The van der Waals surface area contributed by atoms with Crippen molar-refractivity contribution in [3.8, 4) is 0 Å². The maximum atomic E-state index is 4.34. The van der Waals surface area contributed by atoms with Gasteiger partial charge in [-0.1, -0.05) is 19.1 Å². The maximum Gasteiger partial charge on any atom is 0.137 e. The van der Waals surface area contributed by atoms with Crippen LogP contribution in [0.15, 0.2) is 42.0 Å². The number of para-hydroxylation sites is 1. The van der Waals surface area contributed by atoms with Crippen LogP contribution in [0.4, 0.5) is 5.82 Å². The molecular weight excluding hydrogens is 254 g/mol. The van der Waals surface area contributed by atoms with Crippen molar-refractivity contribution in [1.82, 2.24) is 9.97 Å². The van der Waals surface area contributed by atoms with Crippen LogP contribution in [0.1, 0.15) is 17.4 Å². The molecule has 0 aliphatic heterocycles. The smallest absolute Gasteiger partial charge is 0.137 e. The molecule has 0 fully saturated rings. The molecule has 0 aliphatic rings. The summed E-state index contributed by atoms with van der Waals surface area (Å²) in [6.45, 7) is 3.01. The quantitative estimate of drug-likeness (QED) is 0.781. The Balaban J connectivity index is 1.86. The Hall–Kier alpha value is -1.94. The van der Waals surface area contributed by atoms with E-state index in [1.165, 1.54) is 10.4 Å². The highest BCUT2D eigenvalue weighted by atomic mass is 32.1. The van der Waals surface area contributed by atoms with Crippen molar-refractivity contribution >= 4 is 28.1 Å². The van der Waals surface area contributed by atoms with Gasteiger partial charge in [0.25, 0.3) is 0 Å². The van der Waals surface area contributed by atoms with Crippen LogP contribution in [0.25, 0.3) is 10.9 Å². The van der Waals surface area contributed by atoms with Crippen LogP contribution >= 0.6 is 11.3 Å². The summed E-state index contributed by atoms with van der Waals surface area (Å²) in [6.07, 6.45) is 2.69. The Bertz CT molecular complexity index is 685. The zero-order valence-corrected chi connectivity index (χ0v) is 11.6. The Morgan fingerprint density at radius 2 is 2.05 bits per heavy atom. The fourth-order valence-electron chi connectivity index (χ4n) is 2.15. The Morgan fingerprint density at radius 3 is 2.95 bits per heavy atom. The van der Waals surface area contributed by atoms with Crippen LogP contribution < -0.4 is 5.32 Å². The monoisotopic (exact) mass is 269 g/mol. The Labute approximate surface area is 116 Å². The molecule has 0 atom stereocenters. The predicted molar refractivity (Wildman–Crippen MR) is 80.6 cm³/mol. The van der Waals surface area contributed by atoms with E-state index in [0.29, 0.717) is 0 Å². The van der Waals surface area contributed by atoms with Crippen molar-refractivity contribution in [2.45, 2.75) is 19.9 Å². The molecule has 3 nitrogen and oxygen atoms in total. The summed E-state index contributed by atoms with van der Waals surface area (Å²) in [6, 6.07) is 10.3. The minimum atomic E-state index is 0.821. The number of hydrogen-bond acceptors (Lipinski definition) is 4. The fourth-order valence-corrected chi connectivity index (χ4v) is 3.06. The molecule has 0 saturated carbocycles. The van der Waals surface area contributed by atoms with Gasteiger partial charge < -0.3 is 5.32 Å². The van der Waals surface area contributed by atoms with Crippen LogP contribution in [0.2, 0.25) is 0 Å². The normalized spacial score (nSPS) is 10.8. The average Bonchev–Trinajstić information content (AvgIpc) is 2.92. The topological polar surface area (TPSA) is 37.8 Å². The van der Waals surface area contributed by atoms with Gasteiger partial charge in [-0.05, 0) is 35.6 Å². The van der Waals surface area contributed by atoms with Crippen LogP contribution in [-0.2, 0) is 13.0 Å². The van der Waals surface area contributed by atoms with Crippen LogP contribution in [0.3, 0.4) is 0 Å². The summed E-state index contributed by atoms with van der Waals surface area (Å²) in [4.78, 5) is 10.00. The number of thiophene rings is 1. The number of aromatic nitrogens is 2. The van der Waals surface area contributed by atoms with Crippen molar-refractivity contribution in [3.05, 3.63) is 52.5 Å². The number of nitrogens with zero attached hydrogens (tertiary/aromatic N) is 2. The molecule has 0 aliphatic carbocycles. The van der Waals surface area contributed by atoms with E-state index in [1.807, 2.05) is 24.3 Å². The van der Waals surface area contributed by atoms with Gasteiger partial charge in [-0.25, -0.2) is 9.97 Å². The van der Waals surface area contributed by atoms with Crippen LogP contribution in [-0.4, -0.2) is 9.97 Å². The van der Waals surface area contributed by atoms with Gasteiger partial charge in [-0.15, -0.1) is 11.3 Å². The summed E-state index contributed by atoms with van der Waals surface area (Å²) < 4.78 is 0. The van der Waals surface area contributed by atoms with Crippen molar-refractivity contribution in [2.75, 3.05) is 5.32 Å². The molecule has 0 unspecified atom stereocenters. The lowest BCUT2D eigenvalue weighted by molar-refractivity contribution is 1.06. The largest absolute Gasteiger partial charge is 0.365 e. The Morgan fingerprint density at radius 1 is 1.16 bits per heavy atom. The van der Waals surface area contributed by atoms with Crippen molar-refractivity contribution < 1.29 is 0 Å². The van der Waals surface area contributed by atoms with Crippen LogP contribution in [0, 0.1) is 0 Å². The summed E-state index contributed by atoms with van der Waals surface area (Å²) in [7, 11) is 0. The van der Waals surface area contributed by atoms with E-state index < -0.39 is 0 Å². The first-order valence-corrected chi connectivity index (χ1v) is 7.25. The summed E-state index contributed by atoms with van der Waals surface area (Å²) in [5.74, 6) is 0.904. The zero-order chi connectivity index (χ0) is 13.1. The predicted octanol–water partition coefficient (Wildman–Crippen LogP) is 3.87. The number of benzene rings is 1. The molecule has 4 heteroatoms. The molecule has 1 N–H and O–H groups in total. The molecule has 2 heterocycles. The molecule has 0 bridgehead atoms. The first kappa shape index (κ1) is 12.1. The SMILES string of the molecule is CCc1ccsc1CNc1ncnc2ccccc12. The lowest BCUT2D eigenvalue weighted by atomic mass is 10.2. The number of nitrogens with one attached hydrogen (secondary N) is 1. The second-order valence-electron chi connectivity index (χ2n) is 4.32. The van der Waals surface area contributed by atoms with E-state index in [0.717, 1.165) is 29.7 Å². The second kappa shape index (κ2) is 5.36. The fraction of sp³-hybridized carbons (Fsp3) is 0.200. The number of anilines is 1. The molecule has 0 saturated heterocycles. The van der Waals surface area contributed by atoms with Gasteiger partial charge in [-0.3, -0.25) is 0 Å². The Kier molecular flexibility index (Phi) is 3.42. The summed E-state index contributed by atoms with van der Waals surface area (Å²) in [5.41, 5.74) is 2.39. The molecule has 0 spiro atoms. The molecule has 2 aromatic heterocycles. The van der Waals surface area contributed by atoms with Gasteiger partial charge in [0.1, 0.15) is 12.1 Å². The van der Waals surface area contributed by atoms with E-state index in [9.17, 15) is 0 Å². The molecule has 3 rings (SSSR count). The molecule has 0 amide bonds. The van der Waals surface area contributed by atoms with Gasteiger partial charge in [-0.2, -0.15) is 0 Å². The highest BCUT2D eigenvalue weighted by Gasteiger charge is 2.05. The third-order valence-corrected chi connectivity index (χ3v) is 4.14. The first-order valence-electron chi connectivity index (χ1n) is 6.37. The average molecular weight is 269 g/mol. The standard InChI is InChI=1S/C15H15N3S/c1-2-11-7-8-19-14(11)9-16-15-12-5-3-4-6-13(12)17-10-18-15/h3-8,10H,2,9H2,1H3,(H,16,17,18). The van der Waals surface area contributed by atoms with E-state index in [1.54, 1.807) is 17.7 Å².